The molecule has 0 saturated heterocycles. The van der Waals surface area contributed by atoms with Crippen molar-refractivity contribution >= 4 is 51.5 Å². The predicted octanol–water partition coefficient (Wildman–Crippen LogP) is 3.79. The molecule has 3 N–H and O–H groups in total. The highest BCUT2D eigenvalue weighted by Gasteiger charge is 2.12. The summed E-state index contributed by atoms with van der Waals surface area (Å²) in [4.78, 5) is 39.6. The van der Waals surface area contributed by atoms with E-state index in [1.807, 2.05) is 17.5 Å². The lowest BCUT2D eigenvalue weighted by Crippen LogP contribution is -2.32. The molecule has 29 heavy (non-hydrogen) atoms. The Morgan fingerprint density at radius 2 is 1.76 bits per heavy atom. The lowest BCUT2D eigenvalue weighted by molar-refractivity contribution is -0.115. The first-order chi connectivity index (χ1) is 13.9. The Balaban J connectivity index is 1.55. The van der Waals surface area contributed by atoms with Crippen LogP contribution in [0.5, 0.6) is 0 Å². The number of nitrogens with zero attached hydrogens (tertiary/aromatic N) is 1. The number of carbonyl (C=O) groups is 3. The largest absolute Gasteiger partial charge is 0.343 e. The highest BCUT2D eigenvalue weighted by Crippen LogP contribution is 2.26. The Labute approximate surface area is 176 Å². The van der Waals surface area contributed by atoms with Gasteiger partial charge in [-0.25, -0.2) is 4.98 Å². The quantitative estimate of drug-likeness (QED) is 0.556. The van der Waals surface area contributed by atoms with Gasteiger partial charge in [-0.15, -0.1) is 11.3 Å². The Kier molecular flexibility index (Phi) is 6.58. The summed E-state index contributed by atoms with van der Waals surface area (Å²) >= 11 is 7.24. The van der Waals surface area contributed by atoms with Gasteiger partial charge in [0.15, 0.2) is 5.13 Å². The van der Waals surface area contributed by atoms with Crippen molar-refractivity contribution in [2.75, 3.05) is 17.2 Å². The molecule has 0 aliphatic rings. The van der Waals surface area contributed by atoms with Crippen LogP contribution in [0.25, 0.3) is 11.3 Å². The molecule has 3 aromatic rings. The van der Waals surface area contributed by atoms with E-state index in [1.165, 1.54) is 18.3 Å². The van der Waals surface area contributed by atoms with Crippen molar-refractivity contribution in [2.24, 2.45) is 0 Å². The molecule has 3 amide bonds. The number of halogens is 1. The Bertz CT molecular complexity index is 1050. The molecule has 7 nitrogen and oxygen atoms in total. The Hall–Kier alpha value is -3.23. The molecule has 3 rings (SSSR count). The lowest BCUT2D eigenvalue weighted by atomic mass is 10.1. The molecule has 0 atom stereocenters. The van der Waals surface area contributed by atoms with E-state index in [0.29, 0.717) is 27.1 Å². The van der Waals surface area contributed by atoms with Crippen LogP contribution in [0.2, 0.25) is 5.02 Å². The Morgan fingerprint density at radius 3 is 2.45 bits per heavy atom. The average molecular weight is 429 g/mol. The van der Waals surface area contributed by atoms with E-state index in [0.717, 1.165) is 5.56 Å². The van der Waals surface area contributed by atoms with Crippen molar-refractivity contribution in [1.29, 1.82) is 0 Å². The van der Waals surface area contributed by atoms with Crippen LogP contribution in [0.1, 0.15) is 17.3 Å². The smallest absolute Gasteiger partial charge is 0.253 e. The fourth-order valence-electron chi connectivity index (χ4n) is 2.46. The second-order valence-electron chi connectivity index (χ2n) is 6.01. The van der Waals surface area contributed by atoms with Crippen LogP contribution in [-0.2, 0) is 9.59 Å². The van der Waals surface area contributed by atoms with Gasteiger partial charge in [-0.05, 0) is 24.3 Å². The fraction of sp³-hybridized carbons (Fsp3) is 0.100. The molecule has 0 bridgehead atoms. The Morgan fingerprint density at radius 1 is 1.03 bits per heavy atom. The fourth-order valence-corrected chi connectivity index (χ4v) is 3.41. The molecule has 0 spiro atoms. The zero-order chi connectivity index (χ0) is 20.8. The normalized spacial score (nSPS) is 10.3. The molecule has 1 aromatic heterocycles. The van der Waals surface area contributed by atoms with Crippen LogP contribution in [0.4, 0.5) is 10.8 Å². The van der Waals surface area contributed by atoms with Crippen molar-refractivity contribution in [3.05, 3.63) is 64.5 Å². The minimum atomic E-state index is -0.426. The molecule has 148 valence electrons. The third kappa shape index (κ3) is 5.63. The topological polar surface area (TPSA) is 100 Å². The number of nitrogens with one attached hydrogen (secondary N) is 3. The van der Waals surface area contributed by atoms with Gasteiger partial charge >= 0.3 is 0 Å². The molecular formula is C20H17ClN4O3S. The third-order valence-electron chi connectivity index (χ3n) is 3.78. The zero-order valence-corrected chi connectivity index (χ0v) is 16.9. The van der Waals surface area contributed by atoms with Gasteiger partial charge in [0.2, 0.25) is 11.8 Å². The molecular weight excluding hydrogens is 412 g/mol. The van der Waals surface area contributed by atoms with Crippen molar-refractivity contribution < 1.29 is 14.4 Å². The van der Waals surface area contributed by atoms with Crippen molar-refractivity contribution in [1.82, 2.24) is 10.3 Å². The molecule has 0 saturated carbocycles. The van der Waals surface area contributed by atoms with Gasteiger partial charge in [0.05, 0.1) is 22.8 Å². The first-order valence-electron chi connectivity index (χ1n) is 8.58. The highest BCUT2D eigenvalue weighted by molar-refractivity contribution is 7.14. The van der Waals surface area contributed by atoms with Crippen LogP contribution in [0, 0.1) is 0 Å². The average Bonchev–Trinajstić information content (AvgIpc) is 3.15. The monoisotopic (exact) mass is 428 g/mol. The number of rotatable bonds is 6. The van der Waals surface area contributed by atoms with Crippen molar-refractivity contribution in [2.45, 2.75) is 6.92 Å². The minimum Gasteiger partial charge on any atom is -0.343 e. The van der Waals surface area contributed by atoms with E-state index < -0.39 is 11.8 Å². The van der Waals surface area contributed by atoms with Crippen molar-refractivity contribution in [3.63, 3.8) is 0 Å². The van der Waals surface area contributed by atoms with Gasteiger partial charge in [0.25, 0.3) is 5.91 Å². The predicted molar refractivity (Wildman–Crippen MR) is 114 cm³/mol. The number of benzene rings is 2. The summed E-state index contributed by atoms with van der Waals surface area (Å²) in [5.74, 6) is -0.963. The van der Waals surface area contributed by atoms with E-state index in [-0.39, 0.29) is 12.5 Å². The van der Waals surface area contributed by atoms with E-state index in [1.54, 1.807) is 36.4 Å². The second kappa shape index (κ2) is 9.31. The van der Waals surface area contributed by atoms with Gasteiger partial charge in [-0.2, -0.15) is 0 Å². The van der Waals surface area contributed by atoms with Gasteiger partial charge in [-0.3, -0.25) is 14.4 Å². The summed E-state index contributed by atoms with van der Waals surface area (Å²) in [6.07, 6.45) is 0. The maximum absolute atomic E-state index is 12.1. The third-order valence-corrected chi connectivity index (χ3v) is 4.87. The molecule has 0 fully saturated rings. The van der Waals surface area contributed by atoms with Crippen LogP contribution in [-0.4, -0.2) is 29.3 Å². The molecule has 0 aliphatic heterocycles. The van der Waals surface area contributed by atoms with Gasteiger partial charge < -0.3 is 16.0 Å². The number of thiazole rings is 1. The first-order valence-corrected chi connectivity index (χ1v) is 9.84. The summed E-state index contributed by atoms with van der Waals surface area (Å²) in [6, 6.07) is 13.8. The maximum Gasteiger partial charge on any atom is 0.253 e. The van der Waals surface area contributed by atoms with Crippen LogP contribution >= 0.6 is 22.9 Å². The summed E-state index contributed by atoms with van der Waals surface area (Å²) in [7, 11) is 0. The molecule has 1 heterocycles. The SMILES string of the molecule is CC(=O)Nc1ccc(-c2csc(NC(=O)CNC(=O)c3ccccc3Cl)n2)cc1. The van der Waals surface area contributed by atoms with E-state index >= 15 is 0 Å². The molecule has 0 radical (unpaired) electrons. The summed E-state index contributed by atoms with van der Waals surface area (Å²) in [5.41, 5.74) is 2.54. The summed E-state index contributed by atoms with van der Waals surface area (Å²) < 4.78 is 0. The second-order valence-corrected chi connectivity index (χ2v) is 7.27. The summed E-state index contributed by atoms with van der Waals surface area (Å²) in [6.45, 7) is 1.24. The molecule has 0 unspecified atom stereocenters. The first kappa shape index (κ1) is 20.5. The number of aromatic nitrogens is 1. The minimum absolute atomic E-state index is 0.141. The maximum atomic E-state index is 12.1. The van der Waals surface area contributed by atoms with Crippen molar-refractivity contribution in [3.8, 4) is 11.3 Å². The lowest BCUT2D eigenvalue weighted by Gasteiger charge is -2.06. The molecule has 2 aromatic carbocycles. The molecule has 9 heteroatoms. The standard InChI is InChI=1S/C20H17ClN4O3S/c1-12(26)23-14-8-6-13(7-9-14)17-11-29-20(24-17)25-18(27)10-22-19(28)15-4-2-3-5-16(15)21/h2-9,11H,10H2,1H3,(H,22,28)(H,23,26)(H,24,25,27). The van der Waals surface area contributed by atoms with Crippen LogP contribution in [0.15, 0.2) is 53.9 Å². The number of anilines is 2. The van der Waals surface area contributed by atoms with Crippen LogP contribution in [0.3, 0.4) is 0 Å². The number of hydrogen-bond acceptors (Lipinski definition) is 5. The zero-order valence-electron chi connectivity index (χ0n) is 15.4. The number of amides is 3. The van der Waals surface area contributed by atoms with E-state index in [9.17, 15) is 14.4 Å². The van der Waals surface area contributed by atoms with Gasteiger partial charge in [0.1, 0.15) is 0 Å². The van der Waals surface area contributed by atoms with E-state index in [4.69, 9.17) is 11.6 Å². The highest BCUT2D eigenvalue weighted by atomic mass is 35.5. The summed E-state index contributed by atoms with van der Waals surface area (Å²) in [5, 5.41) is 10.4. The van der Waals surface area contributed by atoms with Gasteiger partial charge in [0, 0.05) is 23.6 Å². The number of carbonyl (C=O) groups excluding carboxylic acids is 3. The van der Waals surface area contributed by atoms with E-state index in [2.05, 4.69) is 20.9 Å². The number of hydrogen-bond donors (Lipinski definition) is 3. The molecule has 0 aliphatic carbocycles. The van der Waals surface area contributed by atoms with Crippen LogP contribution < -0.4 is 16.0 Å². The van der Waals surface area contributed by atoms with Gasteiger partial charge in [-0.1, -0.05) is 35.9 Å².